The van der Waals surface area contributed by atoms with Crippen molar-refractivity contribution in [2.24, 2.45) is 0 Å². The van der Waals surface area contributed by atoms with Crippen molar-refractivity contribution in [1.29, 1.82) is 10.5 Å². The van der Waals surface area contributed by atoms with Crippen molar-refractivity contribution in [3.05, 3.63) is 95.8 Å². The van der Waals surface area contributed by atoms with Crippen LogP contribution in [0.3, 0.4) is 0 Å². The summed E-state index contributed by atoms with van der Waals surface area (Å²) in [6.07, 6.45) is 1.39. The second kappa shape index (κ2) is 16.8. The van der Waals surface area contributed by atoms with Crippen LogP contribution in [0.15, 0.2) is 59.1 Å². The van der Waals surface area contributed by atoms with Crippen LogP contribution in [0.25, 0.3) is 11.1 Å². The van der Waals surface area contributed by atoms with Crippen LogP contribution in [0.1, 0.15) is 6.92 Å². The molecular weight excluding hydrogens is 871 g/mol. The fourth-order valence-corrected chi connectivity index (χ4v) is 9.61. The monoisotopic (exact) mass is 895 g/mol. The number of oxazole rings is 1. The second-order valence-electron chi connectivity index (χ2n) is 11.8. The largest absolute Gasteiger partial charge is 0.480 e. The molecule has 0 atom stereocenters. The first kappa shape index (κ1) is 43.1. The highest BCUT2D eigenvalue weighted by molar-refractivity contribution is 8.03. The lowest BCUT2D eigenvalue weighted by atomic mass is 10.2. The van der Waals surface area contributed by atoms with Gasteiger partial charge in [0.05, 0.1) is 16.5 Å². The number of anilines is 1. The molecule has 0 saturated heterocycles. The number of para-hydroxylation sites is 1. The highest BCUT2D eigenvalue weighted by Crippen LogP contribution is 2.46. The number of carbonyl (C=O) groups excluding carboxylic acids is 1. The first-order valence-electron chi connectivity index (χ1n) is 15.7. The molecule has 0 fully saturated rings. The molecule has 0 unspecified atom stereocenters. The summed E-state index contributed by atoms with van der Waals surface area (Å²) in [5.74, 6) is -6.08. The van der Waals surface area contributed by atoms with Crippen LogP contribution in [-0.2, 0) is 54.3 Å². The molecule has 0 saturated carbocycles. The molecule has 0 aliphatic carbocycles. The Morgan fingerprint density at radius 2 is 1.48 bits per heavy atom. The molecule has 1 aliphatic rings. The van der Waals surface area contributed by atoms with Crippen molar-refractivity contribution in [1.82, 2.24) is 19.0 Å². The fraction of sp³-hybridized carbons (Fsp3) is 0.226. The summed E-state index contributed by atoms with van der Waals surface area (Å²) in [6.45, 7) is -2.03. The fourth-order valence-electron chi connectivity index (χ4n) is 5.31. The Kier molecular flexibility index (Phi) is 12.5. The molecule has 5 N–H and O–H groups in total. The summed E-state index contributed by atoms with van der Waals surface area (Å²) in [7, 11) is -9.23. The van der Waals surface area contributed by atoms with Gasteiger partial charge in [-0.05, 0) is 25.1 Å². The zero-order valence-electron chi connectivity index (χ0n) is 29.1. The molecule has 0 bridgehead atoms. The summed E-state index contributed by atoms with van der Waals surface area (Å²) in [4.78, 5) is 80.2. The number of thiazole rings is 2. The smallest absolute Gasteiger partial charge is 0.323 e. The lowest BCUT2D eigenvalue weighted by molar-refractivity contribution is -0.138. The maximum atomic E-state index is 13.9. The lowest BCUT2D eigenvalue weighted by Gasteiger charge is -2.19. The quantitative estimate of drug-likeness (QED) is 0.0990. The van der Waals surface area contributed by atoms with Crippen LogP contribution >= 0.6 is 34.4 Å². The number of carboxylic acids is 2. The van der Waals surface area contributed by atoms with E-state index in [1.54, 1.807) is 36.4 Å². The van der Waals surface area contributed by atoms with E-state index >= 15 is 0 Å². The number of nitriles is 2. The molecule has 4 aromatic rings. The molecule has 27 heteroatoms. The predicted molar refractivity (Wildman–Crippen MR) is 202 cm³/mol. The Labute approximate surface area is 334 Å². The molecule has 1 amide bonds. The zero-order chi connectivity index (χ0) is 42.9. The molecular formula is C31H25N7O15S5. The number of fused-ring (bicyclic) bond motifs is 1. The third-order valence-corrected chi connectivity index (χ3v) is 12.5. The Morgan fingerprint density at radius 1 is 0.862 bits per heavy atom. The van der Waals surface area contributed by atoms with Gasteiger partial charge in [-0.25, -0.2) is 0 Å². The predicted octanol–water partition coefficient (Wildman–Crippen LogP) is -1.70. The van der Waals surface area contributed by atoms with Crippen molar-refractivity contribution < 1.29 is 55.0 Å². The van der Waals surface area contributed by atoms with Crippen LogP contribution in [0, 0.1) is 41.9 Å². The van der Waals surface area contributed by atoms with Gasteiger partial charge in [0.2, 0.25) is 11.5 Å². The van der Waals surface area contributed by atoms with E-state index in [4.69, 9.17) is 8.97 Å². The minimum atomic E-state index is -4.68. The number of benzene rings is 1. The summed E-state index contributed by atoms with van der Waals surface area (Å²) in [5.41, 5.74) is -4.66. The number of carboxylic acid groups (broad SMARTS) is 2. The number of thioether (sulfide) groups is 1. The molecule has 1 aromatic carbocycles. The zero-order valence-corrected chi connectivity index (χ0v) is 33.2. The molecule has 58 heavy (non-hydrogen) atoms. The number of aliphatic carboxylic acids is 2. The van der Waals surface area contributed by atoms with E-state index in [1.807, 2.05) is 0 Å². The van der Waals surface area contributed by atoms with E-state index in [0.29, 0.717) is 52.0 Å². The molecule has 4 heterocycles. The van der Waals surface area contributed by atoms with Crippen LogP contribution in [-0.4, -0.2) is 85.9 Å². The summed E-state index contributed by atoms with van der Waals surface area (Å²) < 4.78 is 69.6. The topological polar surface area (TPSA) is 342 Å². The molecule has 22 nitrogen and oxygen atoms in total. The Hall–Kier alpha value is -6.07. The summed E-state index contributed by atoms with van der Waals surface area (Å²) >= 11 is 1.94. The minimum Gasteiger partial charge on any atom is -0.480 e. The van der Waals surface area contributed by atoms with Gasteiger partial charge in [0.15, 0.2) is 15.5 Å². The average Bonchev–Trinajstić information content (AvgIpc) is 3.83. The van der Waals surface area contributed by atoms with Gasteiger partial charge in [-0.2, -0.15) is 27.4 Å². The van der Waals surface area contributed by atoms with Gasteiger partial charge in [0.25, 0.3) is 36.9 Å². The van der Waals surface area contributed by atoms with Crippen molar-refractivity contribution in [2.45, 2.75) is 31.5 Å². The van der Waals surface area contributed by atoms with Crippen molar-refractivity contribution >= 4 is 89.4 Å². The van der Waals surface area contributed by atoms with Crippen molar-refractivity contribution in [3.8, 4) is 12.1 Å². The third-order valence-electron chi connectivity index (χ3n) is 7.72. The number of nitrogens with one attached hydrogen (secondary N) is 1. The number of nitrogens with zero attached hydrogens (tertiary/aromatic N) is 6. The van der Waals surface area contributed by atoms with Gasteiger partial charge < -0.3 is 24.8 Å². The van der Waals surface area contributed by atoms with E-state index in [0.717, 1.165) is 11.8 Å². The van der Waals surface area contributed by atoms with Gasteiger partial charge in [-0.1, -0.05) is 23.9 Å². The number of hydrogen-bond donors (Lipinski definition) is 5. The second-order valence-corrected chi connectivity index (χ2v) is 17.9. The highest BCUT2D eigenvalue weighted by atomic mass is 32.2. The SMILES string of the molecule is CC(/C=C1\Sc2ccccc2N1CC(=O)NCS(=O)(=O)O)=c1\o/c(=c2/s/c(=c3/sc(=C(C#N)C#N)n(CCS(=O)(=O)O)c3=O)n(CC(=O)O)c2=O)n(CC(=O)O)c1=O. The van der Waals surface area contributed by atoms with E-state index in [-0.39, 0.29) is 5.57 Å². The summed E-state index contributed by atoms with van der Waals surface area (Å²) in [5, 5.41) is 40.8. The molecule has 0 spiro atoms. The molecule has 0 radical (unpaired) electrons. The van der Waals surface area contributed by atoms with Crippen LogP contribution < -0.4 is 37.0 Å². The maximum Gasteiger partial charge on any atom is 0.323 e. The van der Waals surface area contributed by atoms with Gasteiger partial charge in [-0.15, -0.1) is 22.7 Å². The number of allylic oxidation sites excluding steroid dienone is 1. The lowest BCUT2D eigenvalue weighted by Crippen LogP contribution is -2.37. The Morgan fingerprint density at radius 3 is 2.09 bits per heavy atom. The molecule has 3 aromatic heterocycles. The highest BCUT2D eigenvalue weighted by Gasteiger charge is 2.28. The normalized spacial score (nSPS) is 15.1. The summed E-state index contributed by atoms with van der Waals surface area (Å²) in [6, 6.07) is 9.82. The van der Waals surface area contributed by atoms with Gasteiger partial charge in [0, 0.05) is 17.0 Å². The minimum absolute atomic E-state index is 0.0253. The Bertz CT molecular complexity index is 3270. The molecule has 304 valence electrons. The first-order valence-corrected chi connectivity index (χ1v) is 21.4. The van der Waals surface area contributed by atoms with Crippen LogP contribution in [0.5, 0.6) is 0 Å². The number of amides is 1. The van der Waals surface area contributed by atoms with Gasteiger partial charge in [0.1, 0.15) is 51.5 Å². The maximum absolute atomic E-state index is 13.9. The Balaban J connectivity index is 1.86. The van der Waals surface area contributed by atoms with E-state index in [9.17, 15) is 70.9 Å². The van der Waals surface area contributed by atoms with E-state index in [1.165, 1.54) is 17.9 Å². The first-order chi connectivity index (χ1) is 27.1. The average molecular weight is 896 g/mol. The molecule has 5 rings (SSSR count). The standard InChI is InChI=1S/C31H25N7O15S5/c1-15(8-20-36(11-19(39)34-14-58(50,51)52)17-4-2-3-5-18(17)54-20)23-26(44)37(12-21(40)41)29(53-23)24-27(45)38(13-22(42)43)31(55-24)25-28(46)35(6-7-57(47,48)49)30(56-25)16(9-32)10-33/h2-5,8H,6-7,11-14H2,1H3,(H,34,39)(H,40,41)(H,42,43)(H,47,48,49)(H,50,51,52)/b20-8-,23-15+,29-24+,31-25+. The molecule has 1 aliphatic heterocycles. The third kappa shape index (κ3) is 9.37. The van der Waals surface area contributed by atoms with Crippen LogP contribution in [0.4, 0.5) is 5.69 Å². The van der Waals surface area contributed by atoms with Gasteiger partial charge in [-0.3, -0.25) is 51.6 Å². The number of rotatable bonds is 12. The van der Waals surface area contributed by atoms with Gasteiger partial charge >= 0.3 is 11.9 Å². The van der Waals surface area contributed by atoms with Crippen molar-refractivity contribution in [3.63, 3.8) is 0 Å². The number of carbonyl (C=O) groups is 3. The van der Waals surface area contributed by atoms with Crippen LogP contribution in [0.2, 0.25) is 0 Å². The van der Waals surface area contributed by atoms with E-state index in [2.05, 4.69) is 5.32 Å². The number of aromatic nitrogens is 3. The van der Waals surface area contributed by atoms with E-state index < -0.39 is 127 Å². The number of hydrogen-bond acceptors (Lipinski definition) is 17. The van der Waals surface area contributed by atoms with Crippen molar-refractivity contribution in [2.75, 3.05) is 23.1 Å².